The number of hydrogen-bond donors (Lipinski definition) is 1. The Morgan fingerprint density at radius 3 is 1.77 bits per heavy atom. The van der Waals surface area contributed by atoms with Crippen molar-refractivity contribution in [1.29, 1.82) is 0 Å². The van der Waals surface area contributed by atoms with E-state index < -0.39 is 0 Å². The first-order valence-electron chi connectivity index (χ1n) is 8.13. The second kappa shape index (κ2) is 7.40. The predicted molar refractivity (Wildman–Crippen MR) is 97.0 cm³/mol. The normalized spacial score (nSPS) is 13.5. The van der Waals surface area contributed by atoms with E-state index in [1.807, 2.05) is 53.6 Å². The van der Waals surface area contributed by atoms with Gasteiger partial charge in [-0.25, -0.2) is 0 Å². The van der Waals surface area contributed by atoms with Gasteiger partial charge in [0, 0.05) is 25.2 Å². The van der Waals surface area contributed by atoms with E-state index >= 15 is 0 Å². The van der Waals surface area contributed by atoms with Gasteiger partial charge in [0.1, 0.15) is 0 Å². The zero-order chi connectivity index (χ0) is 17.9. The third-order valence-electron chi connectivity index (χ3n) is 3.87. The fraction of sp³-hybridized carbons (Fsp3) is 0.778. The van der Waals surface area contributed by atoms with Crippen LogP contribution in [0.4, 0.5) is 5.69 Å². The van der Waals surface area contributed by atoms with E-state index in [1.54, 1.807) is 0 Å². The van der Waals surface area contributed by atoms with Gasteiger partial charge in [-0.1, -0.05) is 55.4 Å². The van der Waals surface area contributed by atoms with Gasteiger partial charge in [0.15, 0.2) is 0 Å². The molecule has 1 rings (SSSR count). The number of nitrogens with zero attached hydrogens (tertiary/aromatic N) is 1. The Balaban J connectivity index is 0.00000211. The molecule has 128 valence electrons. The van der Waals surface area contributed by atoms with E-state index in [0.29, 0.717) is 17.8 Å². The monoisotopic (exact) mass is 310 g/mol. The molecule has 4 heteroatoms. The molecule has 22 heavy (non-hydrogen) atoms. The van der Waals surface area contributed by atoms with Gasteiger partial charge in [-0.2, -0.15) is 0 Å². The largest absolute Gasteiger partial charge is 0.369 e. The van der Waals surface area contributed by atoms with Crippen LogP contribution < -0.4 is 21.1 Å². The lowest BCUT2D eigenvalue weighted by atomic mass is 9.81. The fourth-order valence-electron chi connectivity index (χ4n) is 2.60. The summed E-state index contributed by atoms with van der Waals surface area (Å²) in [5, 5.41) is 3.30. The third kappa shape index (κ3) is 4.42. The van der Waals surface area contributed by atoms with Crippen molar-refractivity contribution in [2.24, 2.45) is 5.41 Å². The molecule has 1 unspecified atom stereocenters. The molecule has 0 fully saturated rings. The molecule has 1 N–H and O–H groups in total. The molecule has 0 heterocycles. The summed E-state index contributed by atoms with van der Waals surface area (Å²) in [6, 6.07) is 0.240. The molecule has 4 nitrogen and oxygen atoms in total. The van der Waals surface area contributed by atoms with E-state index in [4.69, 9.17) is 0 Å². The summed E-state index contributed by atoms with van der Waals surface area (Å²) in [6.45, 7) is 17.1. The minimum atomic E-state index is -0.346. The van der Waals surface area contributed by atoms with Crippen LogP contribution in [0.2, 0.25) is 0 Å². The molecular weight excluding hydrogens is 276 g/mol. The summed E-state index contributed by atoms with van der Waals surface area (Å²) >= 11 is 0. The maximum atomic E-state index is 11.9. The number of anilines is 1. The highest BCUT2D eigenvalue weighted by atomic mass is 16.2. The molecule has 0 bridgehead atoms. The molecular formula is C18H34N2O2. The Hall–Kier alpha value is -1.16. The lowest BCUT2D eigenvalue weighted by Crippen LogP contribution is -2.51. The molecule has 1 aromatic carbocycles. The van der Waals surface area contributed by atoms with Gasteiger partial charge >= 0.3 is 0 Å². The fourth-order valence-corrected chi connectivity index (χ4v) is 2.60. The smallest absolute Gasteiger partial charge is 0.249 e. The first-order chi connectivity index (χ1) is 9.91. The van der Waals surface area contributed by atoms with Crippen molar-refractivity contribution in [3.63, 3.8) is 0 Å². The maximum Gasteiger partial charge on any atom is 0.249 e. The first kappa shape index (κ1) is 20.8. The average molecular weight is 310 g/mol. The first-order valence-corrected chi connectivity index (χ1v) is 8.13. The van der Waals surface area contributed by atoms with Crippen LogP contribution in [0.15, 0.2) is 9.59 Å². The summed E-state index contributed by atoms with van der Waals surface area (Å²) in [7, 11) is 3.82. The topological polar surface area (TPSA) is 49.4 Å². The minimum Gasteiger partial charge on any atom is -0.369 e. The van der Waals surface area contributed by atoms with Crippen LogP contribution in [-0.2, 0) is 5.41 Å². The van der Waals surface area contributed by atoms with Crippen LogP contribution in [0.25, 0.3) is 0 Å². The van der Waals surface area contributed by atoms with Crippen molar-refractivity contribution in [2.75, 3.05) is 25.5 Å². The number of rotatable bonds is 4. The van der Waals surface area contributed by atoms with Gasteiger partial charge in [0.25, 0.3) is 0 Å². The third-order valence-corrected chi connectivity index (χ3v) is 3.87. The molecule has 0 radical (unpaired) electrons. The van der Waals surface area contributed by atoms with Gasteiger partial charge in [0.2, 0.25) is 10.9 Å². The molecule has 1 atom stereocenters. The Morgan fingerprint density at radius 2 is 1.45 bits per heavy atom. The second-order valence-corrected chi connectivity index (χ2v) is 7.72. The lowest BCUT2D eigenvalue weighted by molar-refractivity contribution is 0.285. The van der Waals surface area contributed by atoms with Gasteiger partial charge in [0.05, 0.1) is 5.69 Å². The van der Waals surface area contributed by atoms with Gasteiger partial charge in [-0.3, -0.25) is 9.59 Å². The van der Waals surface area contributed by atoms with Crippen molar-refractivity contribution in [3.05, 3.63) is 26.0 Å². The zero-order valence-corrected chi connectivity index (χ0v) is 16.0. The molecule has 1 aromatic rings. The van der Waals surface area contributed by atoms with Crippen LogP contribution >= 0.6 is 0 Å². The Labute approximate surface area is 135 Å². The molecule has 0 aliphatic heterocycles. The standard InChI is InChI=1S/C16H28N2O2.C2H6/c1-15(2,3)10(17-7)9-18(8)12-11(16(4,5)6)13(19)14(12)20;1-2/h10,17H,9H2,1-8H3;1-2H3. The van der Waals surface area contributed by atoms with E-state index in [-0.39, 0.29) is 27.7 Å². The summed E-state index contributed by atoms with van der Waals surface area (Å²) in [4.78, 5) is 25.7. The number of likely N-dealkylation sites (N-methyl/N-ethyl adjacent to an activating group) is 2. The number of nitrogens with one attached hydrogen (secondary N) is 1. The highest BCUT2D eigenvalue weighted by Gasteiger charge is 2.34. The average Bonchev–Trinajstić information content (AvgIpc) is 2.40. The van der Waals surface area contributed by atoms with Crippen LogP contribution in [0.5, 0.6) is 0 Å². The van der Waals surface area contributed by atoms with Crippen molar-refractivity contribution in [1.82, 2.24) is 5.32 Å². The van der Waals surface area contributed by atoms with Crippen LogP contribution in [-0.4, -0.2) is 26.7 Å². The van der Waals surface area contributed by atoms with Crippen molar-refractivity contribution in [2.45, 2.75) is 66.8 Å². The molecule has 0 saturated heterocycles. The predicted octanol–water partition coefficient (Wildman–Crippen LogP) is 2.68. The summed E-state index contributed by atoms with van der Waals surface area (Å²) in [5.74, 6) is 0. The highest BCUT2D eigenvalue weighted by Crippen LogP contribution is 2.29. The quantitative estimate of drug-likeness (QED) is 0.869. The Bertz CT molecular complexity index is 541. The van der Waals surface area contributed by atoms with Gasteiger partial charge in [-0.15, -0.1) is 0 Å². The van der Waals surface area contributed by atoms with Crippen molar-refractivity contribution < 1.29 is 0 Å². The van der Waals surface area contributed by atoms with E-state index in [9.17, 15) is 9.59 Å². The van der Waals surface area contributed by atoms with Crippen molar-refractivity contribution >= 4 is 5.69 Å². The van der Waals surface area contributed by atoms with Gasteiger partial charge < -0.3 is 10.2 Å². The summed E-state index contributed by atoms with van der Waals surface area (Å²) in [6.07, 6.45) is 0. The van der Waals surface area contributed by atoms with E-state index in [0.717, 1.165) is 0 Å². The molecule has 0 spiro atoms. The SMILES string of the molecule is CC.CNC(CN(C)c1c(C(C)(C)C)c(=O)c1=O)C(C)(C)C. The van der Waals surface area contributed by atoms with Crippen LogP contribution in [0.3, 0.4) is 0 Å². The minimum absolute atomic E-state index is 0.0856. The molecule has 0 aliphatic rings. The van der Waals surface area contributed by atoms with E-state index in [1.165, 1.54) is 0 Å². The lowest BCUT2D eigenvalue weighted by Gasteiger charge is -2.36. The molecule has 0 aliphatic carbocycles. The van der Waals surface area contributed by atoms with Crippen LogP contribution in [0.1, 0.15) is 61.0 Å². The van der Waals surface area contributed by atoms with Gasteiger partial charge in [-0.05, 0) is 17.9 Å². The number of hydrogen-bond acceptors (Lipinski definition) is 4. The highest BCUT2D eigenvalue weighted by molar-refractivity contribution is 5.61. The van der Waals surface area contributed by atoms with Crippen LogP contribution in [0, 0.1) is 5.41 Å². The summed E-state index contributed by atoms with van der Waals surface area (Å²) < 4.78 is 0. The Morgan fingerprint density at radius 1 is 1.00 bits per heavy atom. The second-order valence-electron chi connectivity index (χ2n) is 7.72. The Kier molecular flexibility index (Phi) is 7.01. The summed E-state index contributed by atoms with van der Waals surface area (Å²) in [5.41, 5.74) is 0.381. The maximum absolute atomic E-state index is 11.9. The molecule has 0 aromatic heterocycles. The molecule has 0 saturated carbocycles. The molecule has 0 amide bonds. The van der Waals surface area contributed by atoms with E-state index in [2.05, 4.69) is 26.1 Å². The zero-order valence-electron chi connectivity index (χ0n) is 16.0. The van der Waals surface area contributed by atoms with Crippen molar-refractivity contribution in [3.8, 4) is 0 Å².